The Hall–Kier alpha value is -0.840. The number of halogens is 2. The van der Waals surface area contributed by atoms with Crippen LogP contribution < -0.4 is 4.74 Å². The lowest BCUT2D eigenvalue weighted by Crippen LogP contribution is -2.04. The first-order valence-electron chi connectivity index (χ1n) is 6.28. The van der Waals surface area contributed by atoms with E-state index in [1.54, 1.807) is 7.11 Å². The number of ether oxygens (including phenoxy) is 1. The molecule has 20 heavy (non-hydrogen) atoms. The number of benzene rings is 2. The molecule has 2 aromatic rings. The number of hydrogen-bond donors (Lipinski definition) is 1. The van der Waals surface area contributed by atoms with E-state index in [0.29, 0.717) is 6.42 Å². The molecule has 0 saturated carbocycles. The summed E-state index contributed by atoms with van der Waals surface area (Å²) in [5.74, 6) is 0.808. The minimum absolute atomic E-state index is 0.519. The number of aliphatic hydroxyl groups excluding tert-OH is 1. The van der Waals surface area contributed by atoms with E-state index in [-0.39, 0.29) is 0 Å². The van der Waals surface area contributed by atoms with Gasteiger partial charge >= 0.3 is 0 Å². The van der Waals surface area contributed by atoms with Gasteiger partial charge in [0, 0.05) is 15.4 Å². The molecule has 0 radical (unpaired) electrons. The lowest BCUT2D eigenvalue weighted by molar-refractivity contribution is 0.176. The second-order valence-corrected chi connectivity index (χ2v) is 6.47. The van der Waals surface area contributed by atoms with Crippen molar-refractivity contribution in [2.24, 2.45) is 0 Å². The van der Waals surface area contributed by atoms with Crippen molar-refractivity contribution in [3.8, 4) is 5.75 Å². The molecule has 0 spiro atoms. The number of rotatable bonds is 4. The predicted octanol–water partition coefficient (Wildman–Crippen LogP) is 4.80. The Balaban J connectivity index is 2.27. The van der Waals surface area contributed by atoms with Gasteiger partial charge in [-0.1, -0.05) is 55.6 Å². The molecule has 0 saturated heterocycles. The minimum Gasteiger partial charge on any atom is -0.496 e. The summed E-state index contributed by atoms with van der Waals surface area (Å²) >= 11 is 6.90. The average molecular weight is 400 g/mol. The average Bonchev–Trinajstić information content (AvgIpc) is 2.38. The van der Waals surface area contributed by atoms with Crippen molar-refractivity contribution in [2.75, 3.05) is 7.11 Å². The molecule has 1 N–H and O–H groups in total. The molecule has 0 amide bonds. The van der Waals surface area contributed by atoms with Crippen molar-refractivity contribution in [1.29, 1.82) is 0 Å². The molecule has 2 nitrogen and oxygen atoms in total. The van der Waals surface area contributed by atoms with Gasteiger partial charge in [-0.05, 0) is 36.2 Å². The predicted molar refractivity (Wildman–Crippen MR) is 88.2 cm³/mol. The maximum atomic E-state index is 10.5. The summed E-state index contributed by atoms with van der Waals surface area (Å²) in [4.78, 5) is 0. The molecule has 0 bridgehead atoms. The Labute approximate surface area is 136 Å². The molecular weight excluding hydrogens is 384 g/mol. The van der Waals surface area contributed by atoms with E-state index in [2.05, 4.69) is 37.9 Å². The fourth-order valence-corrected chi connectivity index (χ4v) is 3.47. The highest BCUT2D eigenvalue weighted by molar-refractivity contribution is 9.11. The number of hydrogen-bond acceptors (Lipinski definition) is 2. The van der Waals surface area contributed by atoms with Crippen molar-refractivity contribution in [1.82, 2.24) is 0 Å². The second kappa shape index (κ2) is 6.74. The first-order valence-corrected chi connectivity index (χ1v) is 7.86. The van der Waals surface area contributed by atoms with Crippen LogP contribution in [0, 0.1) is 6.92 Å². The van der Waals surface area contributed by atoms with Gasteiger partial charge < -0.3 is 9.84 Å². The lowest BCUT2D eigenvalue weighted by Gasteiger charge is -2.16. The van der Waals surface area contributed by atoms with E-state index < -0.39 is 6.10 Å². The summed E-state index contributed by atoms with van der Waals surface area (Å²) in [6.07, 6.45) is -0.0568. The molecule has 2 aromatic carbocycles. The summed E-state index contributed by atoms with van der Waals surface area (Å²) < 4.78 is 7.23. The maximum Gasteiger partial charge on any atom is 0.122 e. The molecule has 0 aliphatic carbocycles. The molecule has 1 unspecified atom stereocenters. The maximum absolute atomic E-state index is 10.5. The van der Waals surface area contributed by atoms with Crippen LogP contribution in [0.4, 0.5) is 0 Å². The van der Waals surface area contributed by atoms with Crippen LogP contribution in [0.2, 0.25) is 0 Å². The summed E-state index contributed by atoms with van der Waals surface area (Å²) in [7, 11) is 1.65. The van der Waals surface area contributed by atoms with E-state index in [1.807, 2.05) is 37.3 Å². The van der Waals surface area contributed by atoms with Crippen LogP contribution in [0.3, 0.4) is 0 Å². The first-order chi connectivity index (χ1) is 9.51. The topological polar surface area (TPSA) is 29.5 Å². The van der Waals surface area contributed by atoms with E-state index in [1.165, 1.54) is 0 Å². The third-order valence-electron chi connectivity index (χ3n) is 3.17. The molecule has 1 atom stereocenters. The number of aryl methyl sites for hydroxylation is 1. The van der Waals surface area contributed by atoms with Crippen molar-refractivity contribution in [3.05, 3.63) is 62.0 Å². The monoisotopic (exact) mass is 398 g/mol. The Bertz CT molecular complexity index is 611. The smallest absolute Gasteiger partial charge is 0.122 e. The van der Waals surface area contributed by atoms with E-state index in [4.69, 9.17) is 4.74 Å². The van der Waals surface area contributed by atoms with Crippen LogP contribution in [-0.2, 0) is 6.42 Å². The molecule has 0 heterocycles. The fourth-order valence-electron chi connectivity index (χ4n) is 2.16. The molecule has 0 aliphatic rings. The summed E-state index contributed by atoms with van der Waals surface area (Å²) in [6.45, 7) is 2.03. The first kappa shape index (κ1) is 15.5. The van der Waals surface area contributed by atoms with E-state index >= 15 is 0 Å². The Morgan fingerprint density at radius 2 is 1.90 bits per heavy atom. The van der Waals surface area contributed by atoms with Crippen LogP contribution in [0.15, 0.2) is 45.3 Å². The molecule has 106 valence electrons. The van der Waals surface area contributed by atoms with Crippen LogP contribution in [0.5, 0.6) is 5.75 Å². The van der Waals surface area contributed by atoms with Crippen molar-refractivity contribution in [3.63, 3.8) is 0 Å². The van der Waals surface area contributed by atoms with Crippen molar-refractivity contribution in [2.45, 2.75) is 19.4 Å². The molecule has 4 heteroatoms. The summed E-state index contributed by atoms with van der Waals surface area (Å²) in [5, 5.41) is 10.5. The molecular formula is C16H16Br2O2. The SMILES string of the molecule is COc1ccc(C)cc1CC(O)c1ccc(Br)cc1Br. The van der Waals surface area contributed by atoms with Gasteiger partial charge in [0.15, 0.2) is 0 Å². The van der Waals surface area contributed by atoms with Gasteiger partial charge in [0.2, 0.25) is 0 Å². The molecule has 0 aromatic heterocycles. The second-order valence-electron chi connectivity index (χ2n) is 4.70. The molecule has 0 fully saturated rings. The van der Waals surface area contributed by atoms with Gasteiger partial charge in [0.1, 0.15) is 5.75 Å². The Morgan fingerprint density at radius 3 is 2.55 bits per heavy atom. The largest absolute Gasteiger partial charge is 0.496 e. The van der Waals surface area contributed by atoms with Gasteiger partial charge in [0.05, 0.1) is 13.2 Å². The van der Waals surface area contributed by atoms with Crippen molar-refractivity contribution < 1.29 is 9.84 Å². The molecule has 2 rings (SSSR count). The highest BCUT2D eigenvalue weighted by Crippen LogP contribution is 2.31. The minimum atomic E-state index is -0.576. The Kier molecular flexibility index (Phi) is 5.24. The van der Waals surface area contributed by atoms with Gasteiger partial charge in [-0.25, -0.2) is 0 Å². The highest BCUT2D eigenvalue weighted by Gasteiger charge is 2.15. The van der Waals surface area contributed by atoms with E-state index in [9.17, 15) is 5.11 Å². The summed E-state index contributed by atoms with van der Waals surface area (Å²) in [5.41, 5.74) is 3.04. The highest BCUT2D eigenvalue weighted by atomic mass is 79.9. The zero-order valence-electron chi connectivity index (χ0n) is 11.4. The van der Waals surface area contributed by atoms with Crippen LogP contribution in [-0.4, -0.2) is 12.2 Å². The van der Waals surface area contributed by atoms with Crippen molar-refractivity contribution >= 4 is 31.9 Å². The Morgan fingerprint density at radius 1 is 1.15 bits per heavy atom. The summed E-state index contributed by atoms with van der Waals surface area (Å²) in [6, 6.07) is 11.8. The van der Waals surface area contributed by atoms with Crippen LogP contribution in [0.1, 0.15) is 22.8 Å². The van der Waals surface area contributed by atoms with E-state index in [0.717, 1.165) is 31.4 Å². The van der Waals surface area contributed by atoms with Gasteiger partial charge in [-0.2, -0.15) is 0 Å². The quantitative estimate of drug-likeness (QED) is 0.799. The molecule has 0 aliphatic heterocycles. The van der Waals surface area contributed by atoms with Gasteiger partial charge in [-0.15, -0.1) is 0 Å². The third-order valence-corrected chi connectivity index (χ3v) is 4.35. The lowest BCUT2D eigenvalue weighted by atomic mass is 9.99. The third kappa shape index (κ3) is 3.62. The van der Waals surface area contributed by atoms with Crippen LogP contribution in [0.25, 0.3) is 0 Å². The zero-order valence-corrected chi connectivity index (χ0v) is 14.5. The normalized spacial score (nSPS) is 12.2. The fraction of sp³-hybridized carbons (Fsp3) is 0.250. The van der Waals surface area contributed by atoms with Gasteiger partial charge in [-0.3, -0.25) is 0 Å². The van der Waals surface area contributed by atoms with Crippen LogP contribution >= 0.6 is 31.9 Å². The zero-order chi connectivity index (χ0) is 14.7. The van der Waals surface area contributed by atoms with Gasteiger partial charge in [0.25, 0.3) is 0 Å². The number of methoxy groups -OCH3 is 1. The standard InChI is InChI=1S/C16H16Br2O2/c1-10-3-6-16(20-2)11(7-10)8-15(19)13-5-4-12(17)9-14(13)18/h3-7,9,15,19H,8H2,1-2H3. The number of aliphatic hydroxyl groups is 1.